The molecule has 12 nitrogen and oxygen atoms in total. The molecule has 4 aromatic rings. The van der Waals surface area contributed by atoms with Gasteiger partial charge in [-0.15, -0.1) is 0 Å². The SMILES string of the molecule is COCc1cc(Nc2cc3onc(NS(=O)(=O)c4c(OC)cccc4OC)c3cc2OC)n[nH]1. The summed E-state index contributed by atoms with van der Waals surface area (Å²) in [6, 6.07) is 9.69. The van der Waals surface area contributed by atoms with Gasteiger partial charge >= 0.3 is 0 Å². The fourth-order valence-corrected chi connectivity index (χ4v) is 4.69. The van der Waals surface area contributed by atoms with E-state index in [-0.39, 0.29) is 22.2 Å². The van der Waals surface area contributed by atoms with Crippen molar-refractivity contribution >= 4 is 38.3 Å². The molecule has 0 aliphatic rings. The highest BCUT2D eigenvalue weighted by Crippen LogP contribution is 2.38. The van der Waals surface area contributed by atoms with Gasteiger partial charge in [0.25, 0.3) is 10.0 Å². The maximum atomic E-state index is 13.2. The van der Waals surface area contributed by atoms with E-state index in [1.54, 1.807) is 31.4 Å². The number of anilines is 3. The van der Waals surface area contributed by atoms with E-state index in [1.807, 2.05) is 0 Å². The van der Waals surface area contributed by atoms with Crippen LogP contribution in [0.5, 0.6) is 17.2 Å². The fourth-order valence-electron chi connectivity index (χ4n) is 3.36. The molecule has 3 N–H and O–H groups in total. The number of methoxy groups -OCH3 is 4. The lowest BCUT2D eigenvalue weighted by Crippen LogP contribution is -2.15. The van der Waals surface area contributed by atoms with E-state index >= 15 is 0 Å². The van der Waals surface area contributed by atoms with Crippen LogP contribution in [0.1, 0.15) is 5.69 Å². The molecule has 13 heteroatoms. The predicted octanol–water partition coefficient (Wildman–Crippen LogP) is 3.27. The Morgan fingerprint density at radius 3 is 2.35 bits per heavy atom. The van der Waals surface area contributed by atoms with Gasteiger partial charge in [0, 0.05) is 19.2 Å². The van der Waals surface area contributed by atoms with Crippen LogP contribution in [0.15, 0.2) is 45.8 Å². The van der Waals surface area contributed by atoms with E-state index < -0.39 is 10.0 Å². The quantitative estimate of drug-likeness (QED) is 0.303. The Morgan fingerprint density at radius 1 is 1.00 bits per heavy atom. The molecule has 0 saturated carbocycles. The van der Waals surface area contributed by atoms with Gasteiger partial charge in [-0.2, -0.15) is 5.10 Å². The molecular formula is C21H23N5O7S. The van der Waals surface area contributed by atoms with Gasteiger partial charge < -0.3 is 28.8 Å². The number of rotatable bonds is 10. The van der Waals surface area contributed by atoms with E-state index in [0.29, 0.717) is 34.8 Å². The second-order valence-electron chi connectivity index (χ2n) is 7.01. The summed E-state index contributed by atoms with van der Waals surface area (Å²) in [6.07, 6.45) is 0. The predicted molar refractivity (Wildman–Crippen MR) is 123 cm³/mol. The number of aromatic nitrogens is 3. The third kappa shape index (κ3) is 4.43. The molecular weight excluding hydrogens is 466 g/mol. The average Bonchev–Trinajstić information content (AvgIpc) is 3.44. The molecule has 4 rings (SSSR count). The third-order valence-electron chi connectivity index (χ3n) is 4.87. The molecule has 0 aliphatic heterocycles. The first-order valence-corrected chi connectivity index (χ1v) is 11.4. The molecule has 0 bridgehead atoms. The molecule has 0 amide bonds. The number of H-pyrrole nitrogens is 1. The van der Waals surface area contributed by atoms with Crippen LogP contribution >= 0.6 is 0 Å². The number of sulfonamides is 1. The van der Waals surface area contributed by atoms with Crippen LogP contribution in [0, 0.1) is 0 Å². The lowest BCUT2D eigenvalue weighted by Gasteiger charge is -2.14. The van der Waals surface area contributed by atoms with Gasteiger partial charge in [0.05, 0.1) is 44.7 Å². The summed E-state index contributed by atoms with van der Waals surface area (Å²) < 4.78 is 55.2. The van der Waals surface area contributed by atoms with Gasteiger partial charge in [-0.3, -0.25) is 9.82 Å². The number of hydrogen-bond acceptors (Lipinski definition) is 10. The molecule has 2 aromatic carbocycles. The van der Waals surface area contributed by atoms with Crippen LogP contribution in [-0.2, 0) is 21.4 Å². The molecule has 2 aromatic heterocycles. The third-order valence-corrected chi connectivity index (χ3v) is 6.27. The zero-order chi connectivity index (χ0) is 24.3. The first kappa shape index (κ1) is 23.2. The summed E-state index contributed by atoms with van der Waals surface area (Å²) in [5, 5.41) is 14.4. The van der Waals surface area contributed by atoms with Crippen molar-refractivity contribution in [2.24, 2.45) is 0 Å². The summed E-state index contributed by atoms with van der Waals surface area (Å²) in [5.41, 5.74) is 1.65. The van der Waals surface area contributed by atoms with Crippen LogP contribution in [0.2, 0.25) is 0 Å². The molecule has 0 fully saturated rings. The molecule has 0 unspecified atom stereocenters. The Labute approximate surface area is 195 Å². The molecule has 2 heterocycles. The molecule has 34 heavy (non-hydrogen) atoms. The molecule has 0 atom stereocenters. The number of hydrogen-bond donors (Lipinski definition) is 3. The Hall–Kier alpha value is -3.97. The highest BCUT2D eigenvalue weighted by Gasteiger charge is 2.27. The van der Waals surface area contributed by atoms with Crippen LogP contribution in [0.4, 0.5) is 17.3 Å². The standard InChI is InChI=1S/C21H23N5O7S/c1-29-11-12-8-19(24-23-12)22-14-10-17-13(9-18(14)32-4)21(25-33-17)26-34(27,28)20-15(30-2)6-5-7-16(20)31-3/h5-10H,11H2,1-4H3,(H,25,26)(H2,22,23,24). The number of nitrogens with zero attached hydrogens (tertiary/aromatic N) is 2. The minimum atomic E-state index is -4.15. The normalized spacial score (nSPS) is 11.4. The molecule has 180 valence electrons. The van der Waals surface area contributed by atoms with E-state index in [2.05, 4.69) is 25.4 Å². The van der Waals surface area contributed by atoms with Gasteiger partial charge in [-0.1, -0.05) is 11.2 Å². The smallest absolute Gasteiger partial charge is 0.270 e. The van der Waals surface area contributed by atoms with Crippen molar-refractivity contribution in [1.29, 1.82) is 0 Å². The van der Waals surface area contributed by atoms with Crippen LogP contribution in [-0.4, -0.2) is 52.2 Å². The largest absolute Gasteiger partial charge is 0.495 e. The van der Waals surface area contributed by atoms with Crippen LogP contribution in [0.25, 0.3) is 11.0 Å². The lowest BCUT2D eigenvalue weighted by molar-refractivity contribution is 0.181. The van der Waals surface area contributed by atoms with Crippen molar-refractivity contribution in [3.05, 3.63) is 42.1 Å². The molecule has 0 saturated heterocycles. The Kier molecular flexibility index (Phi) is 6.47. The Bertz CT molecular complexity index is 1390. The maximum Gasteiger partial charge on any atom is 0.270 e. The molecule has 0 spiro atoms. The number of ether oxygens (including phenoxy) is 4. The second-order valence-corrected chi connectivity index (χ2v) is 8.63. The highest BCUT2D eigenvalue weighted by molar-refractivity contribution is 7.93. The highest BCUT2D eigenvalue weighted by atomic mass is 32.2. The monoisotopic (exact) mass is 489 g/mol. The zero-order valence-electron chi connectivity index (χ0n) is 18.8. The molecule has 0 radical (unpaired) electrons. The van der Waals surface area contributed by atoms with E-state index in [4.69, 9.17) is 23.5 Å². The van der Waals surface area contributed by atoms with Crippen molar-refractivity contribution in [2.45, 2.75) is 11.5 Å². The number of fused-ring (bicyclic) bond motifs is 1. The van der Waals surface area contributed by atoms with E-state index in [1.165, 1.54) is 33.5 Å². The average molecular weight is 490 g/mol. The summed E-state index contributed by atoms with van der Waals surface area (Å²) >= 11 is 0. The summed E-state index contributed by atoms with van der Waals surface area (Å²) in [4.78, 5) is -0.160. The number of nitrogens with one attached hydrogen (secondary N) is 3. The topological polar surface area (TPSA) is 150 Å². The van der Waals surface area contributed by atoms with Crippen LogP contribution < -0.4 is 24.2 Å². The second kappa shape index (κ2) is 9.49. The summed E-state index contributed by atoms with van der Waals surface area (Å²) in [5.74, 6) is 1.18. The van der Waals surface area contributed by atoms with Gasteiger partial charge in [0.1, 0.15) is 17.2 Å². The number of benzene rings is 2. The number of aromatic amines is 1. The van der Waals surface area contributed by atoms with Gasteiger partial charge in [0.15, 0.2) is 22.1 Å². The van der Waals surface area contributed by atoms with Crippen molar-refractivity contribution < 1.29 is 31.9 Å². The summed E-state index contributed by atoms with van der Waals surface area (Å²) in [6.45, 7) is 0.382. The maximum absolute atomic E-state index is 13.2. The Morgan fingerprint density at radius 2 is 1.71 bits per heavy atom. The van der Waals surface area contributed by atoms with Crippen molar-refractivity contribution in [2.75, 3.05) is 38.5 Å². The van der Waals surface area contributed by atoms with Crippen molar-refractivity contribution in [1.82, 2.24) is 15.4 Å². The van der Waals surface area contributed by atoms with Crippen molar-refractivity contribution in [3.63, 3.8) is 0 Å². The Balaban J connectivity index is 1.69. The molecule has 0 aliphatic carbocycles. The lowest BCUT2D eigenvalue weighted by atomic mass is 10.2. The van der Waals surface area contributed by atoms with Gasteiger partial charge in [-0.25, -0.2) is 8.42 Å². The van der Waals surface area contributed by atoms with Crippen molar-refractivity contribution in [3.8, 4) is 17.2 Å². The fraction of sp³-hybridized carbons (Fsp3) is 0.238. The van der Waals surface area contributed by atoms with E-state index in [9.17, 15) is 8.42 Å². The minimum absolute atomic E-state index is 0.0186. The van der Waals surface area contributed by atoms with E-state index in [0.717, 1.165) is 5.69 Å². The van der Waals surface area contributed by atoms with Gasteiger partial charge in [0.2, 0.25) is 0 Å². The first-order chi connectivity index (χ1) is 16.4. The summed E-state index contributed by atoms with van der Waals surface area (Å²) in [7, 11) is 1.67. The van der Waals surface area contributed by atoms with Crippen LogP contribution in [0.3, 0.4) is 0 Å². The van der Waals surface area contributed by atoms with Gasteiger partial charge in [-0.05, 0) is 18.2 Å². The zero-order valence-corrected chi connectivity index (χ0v) is 19.6. The minimum Gasteiger partial charge on any atom is -0.495 e. The first-order valence-electron chi connectivity index (χ1n) is 9.91.